The Morgan fingerprint density at radius 3 is 3.22 bits per heavy atom. The molecule has 0 saturated heterocycles. The summed E-state index contributed by atoms with van der Waals surface area (Å²) < 4.78 is 0. The molecular weight excluding hydrogens is 116 g/mol. The number of Topliss-reactive ketones (excluding diaryl/α,β-unsaturated/α-hetero) is 1. The first-order chi connectivity index (χ1) is 4.33. The summed E-state index contributed by atoms with van der Waals surface area (Å²) in [5, 5.41) is 2.97. The fraction of sp³-hybridized carbons (Fsp3) is 0.667. The lowest BCUT2D eigenvalue weighted by molar-refractivity contribution is -0.112. The van der Waals surface area contributed by atoms with Gasteiger partial charge in [0, 0.05) is 0 Å². The van der Waals surface area contributed by atoms with Crippen LogP contribution in [0.2, 0.25) is 0 Å². The van der Waals surface area contributed by atoms with Gasteiger partial charge in [-0.1, -0.05) is 6.92 Å². The zero-order valence-corrected chi connectivity index (χ0v) is 5.42. The summed E-state index contributed by atoms with van der Waals surface area (Å²) in [4.78, 5) is 14.5. The highest BCUT2D eigenvalue weighted by molar-refractivity contribution is 6.28. The third-order valence-corrected chi connectivity index (χ3v) is 1.30. The Morgan fingerprint density at radius 1 is 2.00 bits per heavy atom. The summed E-state index contributed by atoms with van der Waals surface area (Å²) >= 11 is 0. The van der Waals surface area contributed by atoms with Crippen molar-refractivity contribution < 1.29 is 4.79 Å². The van der Waals surface area contributed by atoms with E-state index >= 15 is 0 Å². The van der Waals surface area contributed by atoms with E-state index in [1.807, 2.05) is 6.92 Å². The van der Waals surface area contributed by atoms with Crippen molar-refractivity contribution in [3.63, 3.8) is 0 Å². The Morgan fingerprint density at radius 2 is 2.78 bits per heavy atom. The van der Waals surface area contributed by atoms with Crippen molar-refractivity contribution in [3.05, 3.63) is 0 Å². The molecule has 0 radical (unpaired) electrons. The maximum atomic E-state index is 10.5. The van der Waals surface area contributed by atoms with Gasteiger partial charge in [-0.2, -0.15) is 0 Å². The van der Waals surface area contributed by atoms with Crippen LogP contribution in [-0.4, -0.2) is 24.7 Å². The molecule has 0 fully saturated rings. The van der Waals surface area contributed by atoms with Gasteiger partial charge in [0.1, 0.15) is 0 Å². The molecule has 0 bridgehead atoms. The predicted molar refractivity (Wildman–Crippen MR) is 35.6 cm³/mol. The van der Waals surface area contributed by atoms with Gasteiger partial charge in [0.15, 0.2) is 5.78 Å². The van der Waals surface area contributed by atoms with Gasteiger partial charge < -0.3 is 0 Å². The van der Waals surface area contributed by atoms with Crippen LogP contribution in [0.5, 0.6) is 0 Å². The van der Waals surface area contributed by atoms with Gasteiger partial charge in [-0.05, 0) is 6.42 Å². The summed E-state index contributed by atoms with van der Waals surface area (Å²) in [6, 6.07) is 0. The zero-order valence-electron chi connectivity index (χ0n) is 5.42. The van der Waals surface area contributed by atoms with Crippen molar-refractivity contribution in [2.75, 3.05) is 6.54 Å². The van der Waals surface area contributed by atoms with Gasteiger partial charge in [0.2, 0.25) is 0 Å². The number of hydrogen-bond acceptors (Lipinski definition) is 3. The van der Waals surface area contributed by atoms with Crippen LogP contribution in [0.15, 0.2) is 4.99 Å². The minimum atomic E-state index is 0.0692. The number of ketones is 1. The second kappa shape index (κ2) is 2.73. The van der Waals surface area contributed by atoms with E-state index < -0.39 is 0 Å². The Balaban J connectivity index is 2.48. The third-order valence-electron chi connectivity index (χ3n) is 1.30. The Kier molecular flexibility index (Phi) is 1.95. The van der Waals surface area contributed by atoms with Crippen molar-refractivity contribution in [2.45, 2.75) is 19.5 Å². The molecule has 1 aliphatic rings. The molecule has 0 amide bonds. The van der Waals surface area contributed by atoms with Gasteiger partial charge in [0.25, 0.3) is 0 Å². The molecule has 1 rings (SSSR count). The van der Waals surface area contributed by atoms with Gasteiger partial charge in [0.05, 0.1) is 18.9 Å². The quantitative estimate of drug-likeness (QED) is 0.536. The van der Waals surface area contributed by atoms with Crippen LogP contribution in [0.1, 0.15) is 13.3 Å². The lowest BCUT2D eigenvalue weighted by Crippen LogP contribution is -2.36. The van der Waals surface area contributed by atoms with E-state index in [1.54, 1.807) is 0 Å². The molecule has 1 unspecified atom stereocenters. The molecular formula is C6H10N2O. The molecule has 50 valence electrons. The van der Waals surface area contributed by atoms with Crippen molar-refractivity contribution in [2.24, 2.45) is 4.99 Å². The highest BCUT2D eigenvalue weighted by Gasteiger charge is 2.09. The summed E-state index contributed by atoms with van der Waals surface area (Å²) in [7, 11) is 0. The number of rotatable bonds is 1. The van der Waals surface area contributed by atoms with E-state index in [2.05, 4.69) is 10.3 Å². The minimum absolute atomic E-state index is 0.0692. The van der Waals surface area contributed by atoms with Crippen LogP contribution in [0.3, 0.4) is 0 Å². The summed E-state index contributed by atoms with van der Waals surface area (Å²) in [5.41, 5.74) is 0. The first-order valence-corrected chi connectivity index (χ1v) is 3.12. The van der Waals surface area contributed by atoms with E-state index in [9.17, 15) is 4.79 Å². The summed E-state index contributed by atoms with van der Waals surface area (Å²) in [5.74, 6) is 0.0692. The van der Waals surface area contributed by atoms with Gasteiger partial charge >= 0.3 is 0 Å². The predicted octanol–water partition coefficient (Wildman–Crippen LogP) is -0.0344. The number of carbonyl (C=O) groups excluding carboxylic acids is 1. The number of carbonyl (C=O) groups is 1. The van der Waals surface area contributed by atoms with Crippen LogP contribution in [-0.2, 0) is 4.79 Å². The fourth-order valence-electron chi connectivity index (χ4n) is 0.740. The van der Waals surface area contributed by atoms with Gasteiger partial charge in [-0.15, -0.1) is 0 Å². The van der Waals surface area contributed by atoms with Crippen LogP contribution in [0, 0.1) is 0 Å². The Labute approximate surface area is 54.2 Å². The van der Waals surface area contributed by atoms with Crippen molar-refractivity contribution in [1.29, 1.82) is 0 Å². The highest BCUT2D eigenvalue weighted by atomic mass is 16.1. The minimum Gasteiger partial charge on any atom is -0.292 e. The molecule has 1 atom stereocenters. The maximum Gasteiger partial charge on any atom is 0.187 e. The molecule has 0 aromatic carbocycles. The van der Waals surface area contributed by atoms with Crippen molar-refractivity contribution in [1.82, 2.24) is 5.32 Å². The topological polar surface area (TPSA) is 41.5 Å². The van der Waals surface area contributed by atoms with E-state index in [0.29, 0.717) is 6.54 Å². The first-order valence-electron chi connectivity index (χ1n) is 3.12. The second-order valence-corrected chi connectivity index (χ2v) is 2.05. The van der Waals surface area contributed by atoms with E-state index in [1.165, 1.54) is 6.21 Å². The number of nitrogens with one attached hydrogen (secondary N) is 1. The largest absolute Gasteiger partial charge is 0.292 e. The molecule has 0 aromatic rings. The van der Waals surface area contributed by atoms with Gasteiger partial charge in [-0.25, -0.2) is 0 Å². The summed E-state index contributed by atoms with van der Waals surface area (Å²) in [6.07, 6.45) is 2.52. The van der Waals surface area contributed by atoms with Crippen molar-refractivity contribution in [3.8, 4) is 0 Å². The maximum absolute atomic E-state index is 10.5. The van der Waals surface area contributed by atoms with Crippen LogP contribution in [0.25, 0.3) is 0 Å². The lowest BCUT2D eigenvalue weighted by atomic mass is 10.3. The summed E-state index contributed by atoms with van der Waals surface area (Å²) in [6.45, 7) is 2.48. The third kappa shape index (κ3) is 1.61. The smallest absolute Gasteiger partial charge is 0.187 e. The Bertz CT molecular complexity index is 142. The second-order valence-electron chi connectivity index (χ2n) is 2.05. The molecule has 0 aromatic heterocycles. The normalized spacial score (nSPS) is 26.8. The molecule has 0 spiro atoms. The number of nitrogens with zero attached hydrogens (tertiary/aromatic N) is 1. The lowest BCUT2D eigenvalue weighted by Gasteiger charge is -2.13. The molecule has 1 aliphatic heterocycles. The SMILES string of the molecule is CCC1N=CC(=O)CN1. The fourth-order valence-corrected chi connectivity index (χ4v) is 0.740. The van der Waals surface area contributed by atoms with Crippen LogP contribution in [0.4, 0.5) is 0 Å². The Hall–Kier alpha value is -0.700. The molecule has 1 N–H and O–H groups in total. The molecule has 9 heavy (non-hydrogen) atoms. The monoisotopic (exact) mass is 126 g/mol. The zero-order chi connectivity index (χ0) is 6.69. The van der Waals surface area contributed by atoms with E-state index in [4.69, 9.17) is 0 Å². The van der Waals surface area contributed by atoms with Crippen LogP contribution < -0.4 is 5.32 Å². The average molecular weight is 126 g/mol. The van der Waals surface area contributed by atoms with Crippen molar-refractivity contribution >= 4 is 12.0 Å². The number of hydrogen-bond donors (Lipinski definition) is 1. The molecule has 3 nitrogen and oxygen atoms in total. The molecule has 3 heteroatoms. The standard InChI is InChI=1S/C6H10N2O/c1-2-6-7-3-5(9)4-8-6/h3,6,8H,2,4H2,1H3. The first kappa shape index (κ1) is 6.42. The molecule has 0 saturated carbocycles. The van der Waals surface area contributed by atoms with E-state index in [-0.39, 0.29) is 11.9 Å². The van der Waals surface area contributed by atoms with Crippen LogP contribution >= 0.6 is 0 Å². The number of aliphatic imine (C=N–C) groups is 1. The van der Waals surface area contributed by atoms with Gasteiger partial charge in [-0.3, -0.25) is 15.1 Å². The average Bonchev–Trinajstić information content (AvgIpc) is 1.90. The molecule has 0 aliphatic carbocycles. The highest BCUT2D eigenvalue weighted by Crippen LogP contribution is 1.94. The van der Waals surface area contributed by atoms with E-state index in [0.717, 1.165) is 6.42 Å². The molecule has 1 heterocycles.